The Morgan fingerprint density at radius 3 is 2.40 bits per heavy atom. The monoisotopic (exact) mass is 312 g/mol. The molecule has 2 aromatic rings. The van der Waals surface area contributed by atoms with Crippen molar-refractivity contribution in [2.75, 3.05) is 0 Å². The molecule has 5 heteroatoms. The summed E-state index contributed by atoms with van der Waals surface area (Å²) in [5.41, 5.74) is 1.36. The smallest absolute Gasteiger partial charge is 0.310 e. The molecule has 0 saturated heterocycles. The lowest BCUT2D eigenvalue weighted by molar-refractivity contribution is -0.138. The van der Waals surface area contributed by atoms with Crippen LogP contribution in [0.1, 0.15) is 18.4 Å². The molecule has 2 nitrogen and oxygen atoms in total. The fraction of sp³-hybridized carbons (Fsp3) is 0.133. The van der Waals surface area contributed by atoms with E-state index in [1.54, 1.807) is 30.3 Å². The normalized spacial score (nSPS) is 12.2. The highest BCUT2D eigenvalue weighted by Crippen LogP contribution is 2.31. The summed E-state index contributed by atoms with van der Waals surface area (Å²) in [6, 6.07) is 9.20. The van der Waals surface area contributed by atoms with Gasteiger partial charge in [-0.2, -0.15) is 0 Å². The number of benzene rings is 2. The van der Waals surface area contributed by atoms with Crippen LogP contribution in [0.15, 0.2) is 36.4 Å². The average molecular weight is 313 g/mol. The summed E-state index contributed by atoms with van der Waals surface area (Å²) in [6.07, 6.45) is 0. The Bertz CT molecular complexity index is 671. The number of carbonyl (C=O) groups is 1. The Kier molecular flexibility index (Phi) is 4.31. The highest BCUT2D eigenvalue weighted by molar-refractivity contribution is 6.42. The molecule has 0 amide bonds. The molecule has 0 aliphatic heterocycles. The number of rotatable bonds is 3. The summed E-state index contributed by atoms with van der Waals surface area (Å²) in [7, 11) is 0. The van der Waals surface area contributed by atoms with Crippen LogP contribution in [0.25, 0.3) is 11.1 Å². The van der Waals surface area contributed by atoms with Crippen molar-refractivity contribution >= 4 is 29.2 Å². The molecule has 0 saturated carbocycles. The van der Waals surface area contributed by atoms with Gasteiger partial charge >= 0.3 is 5.97 Å². The van der Waals surface area contributed by atoms with Gasteiger partial charge in [0.25, 0.3) is 0 Å². The Morgan fingerprint density at radius 2 is 1.85 bits per heavy atom. The van der Waals surface area contributed by atoms with Crippen LogP contribution in [0.5, 0.6) is 0 Å². The largest absolute Gasteiger partial charge is 0.481 e. The first-order chi connectivity index (χ1) is 9.40. The molecule has 0 aliphatic carbocycles. The molecule has 1 unspecified atom stereocenters. The zero-order chi connectivity index (χ0) is 14.9. The third-order valence-electron chi connectivity index (χ3n) is 3.09. The Morgan fingerprint density at radius 1 is 1.15 bits per heavy atom. The van der Waals surface area contributed by atoms with E-state index in [-0.39, 0.29) is 0 Å². The first kappa shape index (κ1) is 14.8. The number of halogens is 3. The zero-order valence-corrected chi connectivity index (χ0v) is 12.0. The van der Waals surface area contributed by atoms with E-state index in [4.69, 9.17) is 28.3 Å². The van der Waals surface area contributed by atoms with Gasteiger partial charge in [-0.05, 0) is 36.2 Å². The minimum Gasteiger partial charge on any atom is -0.481 e. The molecule has 1 atom stereocenters. The van der Waals surface area contributed by atoms with Gasteiger partial charge in [0.05, 0.1) is 16.0 Å². The van der Waals surface area contributed by atoms with E-state index in [2.05, 4.69) is 0 Å². The van der Waals surface area contributed by atoms with Crippen LogP contribution in [0, 0.1) is 5.82 Å². The maximum absolute atomic E-state index is 14.1. The first-order valence-electron chi connectivity index (χ1n) is 5.88. The Labute approximate surface area is 125 Å². The van der Waals surface area contributed by atoms with Gasteiger partial charge in [-0.1, -0.05) is 41.4 Å². The van der Waals surface area contributed by atoms with Gasteiger partial charge in [0.2, 0.25) is 0 Å². The van der Waals surface area contributed by atoms with Gasteiger partial charge < -0.3 is 5.11 Å². The van der Waals surface area contributed by atoms with Crippen LogP contribution in [-0.2, 0) is 4.79 Å². The lowest BCUT2D eigenvalue weighted by Crippen LogP contribution is -2.07. The first-order valence-corrected chi connectivity index (χ1v) is 6.63. The lowest BCUT2D eigenvalue weighted by Gasteiger charge is -2.10. The highest BCUT2D eigenvalue weighted by atomic mass is 35.5. The topological polar surface area (TPSA) is 37.3 Å². The molecule has 0 aromatic heterocycles. The van der Waals surface area contributed by atoms with Crippen LogP contribution in [-0.4, -0.2) is 11.1 Å². The fourth-order valence-electron chi connectivity index (χ4n) is 1.84. The second kappa shape index (κ2) is 5.81. The quantitative estimate of drug-likeness (QED) is 0.867. The van der Waals surface area contributed by atoms with Crippen LogP contribution >= 0.6 is 23.2 Å². The van der Waals surface area contributed by atoms with Crippen LogP contribution in [0.3, 0.4) is 0 Å². The third-order valence-corrected chi connectivity index (χ3v) is 3.83. The number of carboxylic acid groups (broad SMARTS) is 1. The van der Waals surface area contributed by atoms with Gasteiger partial charge in [0.1, 0.15) is 5.82 Å². The maximum atomic E-state index is 14.1. The molecule has 1 N–H and O–H groups in total. The number of hydrogen-bond acceptors (Lipinski definition) is 1. The molecule has 104 valence electrons. The molecule has 20 heavy (non-hydrogen) atoms. The maximum Gasteiger partial charge on any atom is 0.310 e. The summed E-state index contributed by atoms with van der Waals surface area (Å²) < 4.78 is 14.1. The molecular formula is C15H11Cl2FO2. The van der Waals surface area contributed by atoms with E-state index in [0.29, 0.717) is 26.7 Å². The van der Waals surface area contributed by atoms with E-state index >= 15 is 0 Å². The average Bonchev–Trinajstić information content (AvgIpc) is 2.41. The van der Waals surface area contributed by atoms with Gasteiger partial charge in [0, 0.05) is 5.56 Å². The van der Waals surface area contributed by atoms with Crippen LogP contribution < -0.4 is 0 Å². The van der Waals surface area contributed by atoms with Crippen molar-refractivity contribution in [2.24, 2.45) is 0 Å². The van der Waals surface area contributed by atoms with Gasteiger partial charge in [-0.3, -0.25) is 4.79 Å². The molecule has 0 fully saturated rings. The SMILES string of the molecule is CC(C(=O)O)c1ccc(-c2ccc(Cl)c(Cl)c2)c(F)c1. The van der Waals surface area contributed by atoms with Crippen molar-refractivity contribution in [2.45, 2.75) is 12.8 Å². The standard InChI is InChI=1S/C15H11Cl2FO2/c1-8(15(19)20)9-2-4-11(14(18)7-9)10-3-5-12(16)13(17)6-10/h2-8H,1H3,(H,19,20). The summed E-state index contributed by atoms with van der Waals surface area (Å²) in [4.78, 5) is 10.9. The van der Waals surface area contributed by atoms with Crippen molar-refractivity contribution in [3.8, 4) is 11.1 Å². The van der Waals surface area contributed by atoms with Crippen molar-refractivity contribution in [1.29, 1.82) is 0 Å². The predicted octanol–water partition coefficient (Wildman–Crippen LogP) is 4.99. The third kappa shape index (κ3) is 2.94. The summed E-state index contributed by atoms with van der Waals surface area (Å²) in [5, 5.41) is 9.66. The molecule has 0 aliphatic rings. The molecule has 0 spiro atoms. The van der Waals surface area contributed by atoms with Gasteiger partial charge in [0.15, 0.2) is 0 Å². The second-order valence-corrected chi connectivity index (χ2v) is 5.24. The molecule has 0 heterocycles. The highest BCUT2D eigenvalue weighted by Gasteiger charge is 2.16. The summed E-state index contributed by atoms with van der Waals surface area (Å²) in [6.45, 7) is 1.51. The van der Waals surface area contributed by atoms with E-state index < -0.39 is 17.7 Å². The minimum absolute atomic E-state index is 0.339. The lowest BCUT2D eigenvalue weighted by atomic mass is 9.97. The molecule has 2 rings (SSSR count). The van der Waals surface area contributed by atoms with Crippen molar-refractivity contribution in [1.82, 2.24) is 0 Å². The van der Waals surface area contributed by atoms with Crippen LogP contribution in [0.4, 0.5) is 4.39 Å². The van der Waals surface area contributed by atoms with Crippen molar-refractivity contribution in [3.63, 3.8) is 0 Å². The molecule has 0 bridgehead atoms. The van der Waals surface area contributed by atoms with E-state index in [0.717, 1.165) is 0 Å². The predicted molar refractivity (Wildman–Crippen MR) is 77.9 cm³/mol. The summed E-state index contributed by atoms with van der Waals surface area (Å²) >= 11 is 11.7. The van der Waals surface area contributed by atoms with E-state index in [1.165, 1.54) is 13.0 Å². The minimum atomic E-state index is -0.994. The Balaban J connectivity index is 2.44. The zero-order valence-electron chi connectivity index (χ0n) is 10.5. The van der Waals surface area contributed by atoms with E-state index in [9.17, 15) is 9.18 Å². The van der Waals surface area contributed by atoms with Crippen molar-refractivity contribution < 1.29 is 14.3 Å². The van der Waals surface area contributed by atoms with Crippen molar-refractivity contribution in [3.05, 3.63) is 57.8 Å². The second-order valence-electron chi connectivity index (χ2n) is 4.43. The van der Waals surface area contributed by atoms with Crippen LogP contribution in [0.2, 0.25) is 10.0 Å². The fourth-order valence-corrected chi connectivity index (χ4v) is 2.14. The number of hydrogen-bond donors (Lipinski definition) is 1. The Hall–Kier alpha value is -1.58. The molecule has 0 radical (unpaired) electrons. The van der Waals surface area contributed by atoms with E-state index in [1.807, 2.05) is 0 Å². The molecular weight excluding hydrogens is 302 g/mol. The number of carboxylic acids is 1. The molecule has 2 aromatic carbocycles. The van der Waals surface area contributed by atoms with Gasteiger partial charge in [-0.15, -0.1) is 0 Å². The number of aliphatic carboxylic acids is 1. The summed E-state index contributed by atoms with van der Waals surface area (Å²) in [5.74, 6) is -2.24. The van der Waals surface area contributed by atoms with Gasteiger partial charge in [-0.25, -0.2) is 4.39 Å².